The van der Waals surface area contributed by atoms with E-state index in [0.29, 0.717) is 6.04 Å². The molecule has 0 aromatic rings. The summed E-state index contributed by atoms with van der Waals surface area (Å²) in [5, 5.41) is 0. The van der Waals surface area contributed by atoms with Gasteiger partial charge in [0.15, 0.2) is 5.79 Å². The lowest BCUT2D eigenvalue weighted by Gasteiger charge is -2.45. The van der Waals surface area contributed by atoms with Crippen LogP contribution < -0.4 is 5.73 Å². The molecule has 2 atom stereocenters. The van der Waals surface area contributed by atoms with Crippen LogP contribution in [0.1, 0.15) is 44.9 Å². The normalized spacial score (nSPS) is 36.8. The highest BCUT2D eigenvalue weighted by Crippen LogP contribution is 2.38. The van der Waals surface area contributed by atoms with Crippen LogP contribution in [0.25, 0.3) is 0 Å². The molecule has 4 heteroatoms. The van der Waals surface area contributed by atoms with Crippen molar-refractivity contribution in [3.63, 3.8) is 0 Å². The van der Waals surface area contributed by atoms with Crippen molar-refractivity contribution in [2.75, 3.05) is 20.3 Å². The molecule has 2 N–H and O–H groups in total. The lowest BCUT2D eigenvalue weighted by Crippen LogP contribution is -2.57. The molecule has 3 aliphatic rings. The first-order valence-corrected chi connectivity index (χ1v) is 7.46. The maximum absolute atomic E-state index is 6.35. The third kappa shape index (κ3) is 2.31. The van der Waals surface area contributed by atoms with Crippen LogP contribution in [-0.4, -0.2) is 49.1 Å². The molecule has 2 saturated carbocycles. The summed E-state index contributed by atoms with van der Waals surface area (Å²) in [6.45, 7) is 1.49. The highest BCUT2D eigenvalue weighted by molar-refractivity contribution is 4.96. The van der Waals surface area contributed by atoms with Gasteiger partial charge in [-0.2, -0.15) is 0 Å². The topological polar surface area (TPSA) is 47.7 Å². The number of likely N-dealkylation sites (N-methyl/N-ethyl adjacent to an activating group) is 1. The zero-order valence-corrected chi connectivity index (χ0v) is 11.4. The summed E-state index contributed by atoms with van der Waals surface area (Å²) in [4.78, 5) is 2.52. The first kappa shape index (κ1) is 12.9. The minimum Gasteiger partial charge on any atom is -0.347 e. The van der Waals surface area contributed by atoms with Crippen LogP contribution in [-0.2, 0) is 9.47 Å². The fraction of sp³-hybridized carbons (Fsp3) is 1.00. The van der Waals surface area contributed by atoms with Crippen molar-refractivity contribution in [3.8, 4) is 0 Å². The van der Waals surface area contributed by atoms with E-state index < -0.39 is 0 Å². The van der Waals surface area contributed by atoms with Gasteiger partial charge in [0.25, 0.3) is 0 Å². The molecule has 0 aromatic carbocycles. The average Bonchev–Trinajstić information content (AvgIpc) is 3.04. The largest absolute Gasteiger partial charge is 0.347 e. The Morgan fingerprint density at radius 1 is 1.11 bits per heavy atom. The fourth-order valence-corrected chi connectivity index (χ4v) is 3.94. The van der Waals surface area contributed by atoms with Crippen LogP contribution in [0.4, 0.5) is 0 Å². The molecule has 0 amide bonds. The summed E-state index contributed by atoms with van der Waals surface area (Å²) in [5.41, 5.74) is 6.35. The van der Waals surface area contributed by atoms with E-state index >= 15 is 0 Å². The van der Waals surface area contributed by atoms with Gasteiger partial charge >= 0.3 is 0 Å². The van der Waals surface area contributed by atoms with Crippen molar-refractivity contribution in [3.05, 3.63) is 0 Å². The van der Waals surface area contributed by atoms with Gasteiger partial charge < -0.3 is 15.2 Å². The molecule has 0 aromatic heterocycles. The fourth-order valence-electron chi connectivity index (χ4n) is 3.94. The Morgan fingerprint density at radius 3 is 2.44 bits per heavy atom. The minimum absolute atomic E-state index is 0.272. The number of nitrogens with zero attached hydrogens (tertiary/aromatic N) is 1. The van der Waals surface area contributed by atoms with Crippen molar-refractivity contribution in [2.45, 2.75) is 68.9 Å². The molecule has 0 radical (unpaired) electrons. The molecule has 3 rings (SSSR count). The molecular formula is C14H26N2O2. The molecule has 3 fully saturated rings. The van der Waals surface area contributed by atoms with E-state index in [9.17, 15) is 0 Å². The lowest BCUT2D eigenvalue weighted by atomic mass is 9.84. The molecule has 1 spiro atoms. The predicted molar refractivity (Wildman–Crippen MR) is 70.3 cm³/mol. The Bertz CT molecular complexity index is 286. The van der Waals surface area contributed by atoms with Gasteiger partial charge in [0.05, 0.1) is 13.2 Å². The van der Waals surface area contributed by atoms with Gasteiger partial charge in [0.1, 0.15) is 0 Å². The molecule has 2 unspecified atom stereocenters. The lowest BCUT2D eigenvalue weighted by molar-refractivity contribution is -0.192. The number of ether oxygens (including phenoxy) is 2. The Kier molecular flexibility index (Phi) is 3.63. The summed E-state index contributed by atoms with van der Waals surface area (Å²) in [7, 11) is 2.24. The van der Waals surface area contributed by atoms with E-state index in [0.717, 1.165) is 38.5 Å². The van der Waals surface area contributed by atoms with Gasteiger partial charge in [-0.15, -0.1) is 0 Å². The van der Waals surface area contributed by atoms with E-state index in [4.69, 9.17) is 15.2 Å². The van der Waals surface area contributed by atoms with Crippen molar-refractivity contribution in [2.24, 2.45) is 5.73 Å². The van der Waals surface area contributed by atoms with Crippen LogP contribution in [0.15, 0.2) is 0 Å². The minimum atomic E-state index is -0.312. The molecule has 1 aliphatic heterocycles. The molecule has 1 heterocycles. The second-order valence-electron chi connectivity index (χ2n) is 6.19. The van der Waals surface area contributed by atoms with E-state index in [1.807, 2.05) is 0 Å². The van der Waals surface area contributed by atoms with Gasteiger partial charge in [-0.1, -0.05) is 12.8 Å². The number of hydrogen-bond donors (Lipinski definition) is 1. The first-order valence-electron chi connectivity index (χ1n) is 7.46. The van der Waals surface area contributed by atoms with Crippen LogP contribution in [0.3, 0.4) is 0 Å². The zero-order valence-electron chi connectivity index (χ0n) is 11.4. The third-order valence-electron chi connectivity index (χ3n) is 5.11. The molecule has 104 valence electrons. The van der Waals surface area contributed by atoms with Crippen molar-refractivity contribution in [1.29, 1.82) is 0 Å². The van der Waals surface area contributed by atoms with E-state index in [1.165, 1.54) is 25.7 Å². The van der Waals surface area contributed by atoms with Gasteiger partial charge in [-0.3, -0.25) is 4.90 Å². The smallest absolute Gasteiger partial charge is 0.170 e. The molecule has 2 aliphatic carbocycles. The summed E-state index contributed by atoms with van der Waals surface area (Å²) in [6.07, 6.45) is 8.32. The van der Waals surface area contributed by atoms with Crippen molar-refractivity contribution < 1.29 is 9.47 Å². The van der Waals surface area contributed by atoms with Crippen LogP contribution >= 0.6 is 0 Å². The van der Waals surface area contributed by atoms with Gasteiger partial charge in [-0.05, 0) is 26.3 Å². The molecule has 0 bridgehead atoms. The molecular weight excluding hydrogens is 228 g/mol. The van der Waals surface area contributed by atoms with Crippen LogP contribution in [0, 0.1) is 0 Å². The monoisotopic (exact) mass is 254 g/mol. The van der Waals surface area contributed by atoms with Gasteiger partial charge in [0.2, 0.25) is 0 Å². The number of hydrogen-bond acceptors (Lipinski definition) is 4. The van der Waals surface area contributed by atoms with E-state index in [1.54, 1.807) is 0 Å². The summed E-state index contributed by atoms with van der Waals surface area (Å²) < 4.78 is 11.7. The second-order valence-corrected chi connectivity index (χ2v) is 6.19. The Hall–Kier alpha value is -0.160. The number of nitrogens with two attached hydrogens (primary N) is 1. The Labute approximate surface area is 110 Å². The van der Waals surface area contributed by atoms with Crippen LogP contribution in [0.5, 0.6) is 0 Å². The highest BCUT2D eigenvalue weighted by Gasteiger charge is 2.46. The average molecular weight is 254 g/mol. The molecule has 4 nitrogen and oxygen atoms in total. The number of rotatable bonds is 2. The zero-order chi connectivity index (χ0) is 12.6. The summed E-state index contributed by atoms with van der Waals surface area (Å²) in [5.74, 6) is -0.312. The summed E-state index contributed by atoms with van der Waals surface area (Å²) >= 11 is 0. The quantitative estimate of drug-likeness (QED) is 0.811. The van der Waals surface area contributed by atoms with Crippen LogP contribution in [0.2, 0.25) is 0 Å². The predicted octanol–water partition coefficient (Wildman–Crippen LogP) is 1.48. The standard InChI is InChI=1S/C14H26N2O2/c1-16(11-4-2-3-5-11)13-10-14(7-6-12(13)15)17-8-9-18-14/h11-13H,2-10,15H2,1H3. The first-order chi connectivity index (χ1) is 8.70. The SMILES string of the molecule is CN(C1CCCC1)C1CC2(CCC1N)OCCO2. The maximum Gasteiger partial charge on any atom is 0.170 e. The summed E-state index contributed by atoms with van der Waals surface area (Å²) in [6, 6.07) is 1.41. The molecule has 1 saturated heterocycles. The Morgan fingerprint density at radius 2 is 1.78 bits per heavy atom. The third-order valence-corrected chi connectivity index (χ3v) is 5.11. The second kappa shape index (κ2) is 5.08. The maximum atomic E-state index is 6.35. The highest BCUT2D eigenvalue weighted by atomic mass is 16.7. The van der Waals surface area contributed by atoms with Crippen molar-refractivity contribution in [1.82, 2.24) is 4.90 Å². The van der Waals surface area contributed by atoms with E-state index in [2.05, 4.69) is 11.9 Å². The Balaban J connectivity index is 1.68. The van der Waals surface area contributed by atoms with E-state index in [-0.39, 0.29) is 11.8 Å². The van der Waals surface area contributed by atoms with Crippen molar-refractivity contribution >= 4 is 0 Å². The van der Waals surface area contributed by atoms with Gasteiger partial charge in [-0.25, -0.2) is 0 Å². The van der Waals surface area contributed by atoms with Gasteiger partial charge in [0, 0.05) is 31.0 Å². The molecule has 18 heavy (non-hydrogen) atoms.